The van der Waals surface area contributed by atoms with Gasteiger partial charge in [0, 0.05) is 11.8 Å². The Morgan fingerprint density at radius 2 is 2.00 bits per heavy atom. The highest BCUT2D eigenvalue weighted by atomic mass is 32.2. The van der Waals surface area contributed by atoms with Crippen LogP contribution in [-0.2, 0) is 6.54 Å². The first-order valence-electron chi connectivity index (χ1n) is 6.60. The fourth-order valence-electron chi connectivity index (χ4n) is 2.16. The molecular weight excluding hydrogens is 288 g/mol. The van der Waals surface area contributed by atoms with Crippen molar-refractivity contribution in [2.45, 2.75) is 25.6 Å². The maximum Gasteiger partial charge on any atom is 0.331 e. The fourth-order valence-corrected chi connectivity index (χ4v) is 2.46. The monoisotopic (exact) mass is 306 g/mol. The van der Waals surface area contributed by atoms with Crippen molar-refractivity contribution >= 4 is 11.8 Å². The SMILES string of the molecule is CSC(C)Cn1c(O)c(-c2ccccc2C)c(=O)[nH]c1=O. The van der Waals surface area contributed by atoms with Crippen LogP contribution in [0.5, 0.6) is 5.88 Å². The summed E-state index contributed by atoms with van der Waals surface area (Å²) in [4.78, 5) is 26.3. The molecule has 0 bridgehead atoms. The Hall–Kier alpha value is -1.95. The third kappa shape index (κ3) is 3.05. The van der Waals surface area contributed by atoms with Crippen LogP contribution in [0.2, 0.25) is 0 Å². The molecule has 0 aliphatic rings. The van der Waals surface area contributed by atoms with E-state index in [2.05, 4.69) is 4.98 Å². The lowest BCUT2D eigenvalue weighted by Gasteiger charge is -2.15. The van der Waals surface area contributed by atoms with E-state index in [-0.39, 0.29) is 16.7 Å². The first kappa shape index (κ1) is 15.4. The van der Waals surface area contributed by atoms with Crippen LogP contribution in [0.1, 0.15) is 12.5 Å². The van der Waals surface area contributed by atoms with Crippen LogP contribution in [0.15, 0.2) is 33.9 Å². The van der Waals surface area contributed by atoms with Gasteiger partial charge in [-0.2, -0.15) is 11.8 Å². The molecular formula is C15H18N2O3S. The zero-order chi connectivity index (χ0) is 15.6. The van der Waals surface area contributed by atoms with Crippen LogP contribution in [0.25, 0.3) is 11.1 Å². The lowest BCUT2D eigenvalue weighted by atomic mass is 10.0. The Labute approximate surface area is 126 Å². The number of aryl methyl sites for hydroxylation is 1. The average Bonchev–Trinajstić information content (AvgIpc) is 2.45. The fraction of sp³-hybridized carbons (Fsp3) is 0.333. The van der Waals surface area contributed by atoms with Crippen molar-refractivity contribution in [1.82, 2.24) is 9.55 Å². The molecule has 1 heterocycles. The van der Waals surface area contributed by atoms with Crippen molar-refractivity contribution < 1.29 is 5.11 Å². The molecule has 1 unspecified atom stereocenters. The van der Waals surface area contributed by atoms with Gasteiger partial charge in [0.1, 0.15) is 5.56 Å². The first-order chi connectivity index (χ1) is 9.95. The van der Waals surface area contributed by atoms with Gasteiger partial charge in [-0.15, -0.1) is 0 Å². The van der Waals surface area contributed by atoms with E-state index in [0.717, 1.165) is 5.56 Å². The van der Waals surface area contributed by atoms with E-state index in [4.69, 9.17) is 0 Å². The molecule has 0 saturated carbocycles. The highest BCUT2D eigenvalue weighted by Crippen LogP contribution is 2.27. The van der Waals surface area contributed by atoms with Crippen LogP contribution >= 0.6 is 11.8 Å². The van der Waals surface area contributed by atoms with Gasteiger partial charge in [-0.3, -0.25) is 14.3 Å². The number of thioether (sulfide) groups is 1. The largest absolute Gasteiger partial charge is 0.494 e. The highest BCUT2D eigenvalue weighted by Gasteiger charge is 2.18. The second kappa shape index (κ2) is 6.22. The Morgan fingerprint density at radius 1 is 1.33 bits per heavy atom. The number of H-pyrrole nitrogens is 1. The van der Waals surface area contributed by atoms with Crippen molar-refractivity contribution in [1.29, 1.82) is 0 Å². The molecule has 21 heavy (non-hydrogen) atoms. The zero-order valence-electron chi connectivity index (χ0n) is 12.2. The van der Waals surface area contributed by atoms with Gasteiger partial charge < -0.3 is 5.11 Å². The smallest absolute Gasteiger partial charge is 0.331 e. The quantitative estimate of drug-likeness (QED) is 0.905. The molecule has 5 nitrogen and oxygen atoms in total. The summed E-state index contributed by atoms with van der Waals surface area (Å²) >= 11 is 1.58. The number of nitrogens with zero attached hydrogens (tertiary/aromatic N) is 1. The lowest BCUT2D eigenvalue weighted by molar-refractivity contribution is 0.403. The summed E-state index contributed by atoms with van der Waals surface area (Å²) in [6.07, 6.45) is 1.93. The molecule has 6 heteroatoms. The summed E-state index contributed by atoms with van der Waals surface area (Å²) in [7, 11) is 0. The van der Waals surface area contributed by atoms with Gasteiger partial charge in [-0.05, 0) is 24.3 Å². The Morgan fingerprint density at radius 3 is 2.62 bits per heavy atom. The van der Waals surface area contributed by atoms with E-state index in [1.54, 1.807) is 23.9 Å². The van der Waals surface area contributed by atoms with Crippen LogP contribution in [0.3, 0.4) is 0 Å². The summed E-state index contributed by atoms with van der Waals surface area (Å²) in [5.41, 5.74) is 0.472. The Bertz CT molecular complexity index is 764. The minimum atomic E-state index is -0.587. The molecule has 2 N–H and O–H groups in total. The minimum Gasteiger partial charge on any atom is -0.494 e. The number of hydrogen-bond acceptors (Lipinski definition) is 4. The van der Waals surface area contributed by atoms with Crippen molar-refractivity contribution in [2.24, 2.45) is 0 Å². The predicted octanol–water partition coefficient (Wildman–Crippen LogP) is 1.97. The molecule has 0 aliphatic heterocycles. The second-order valence-corrected chi connectivity index (χ2v) is 6.21. The van der Waals surface area contributed by atoms with Crippen molar-refractivity contribution in [3.05, 3.63) is 50.7 Å². The molecule has 112 valence electrons. The van der Waals surface area contributed by atoms with E-state index in [0.29, 0.717) is 12.1 Å². The van der Waals surface area contributed by atoms with Crippen LogP contribution in [-0.4, -0.2) is 26.2 Å². The van der Waals surface area contributed by atoms with E-state index < -0.39 is 11.2 Å². The molecule has 1 atom stereocenters. The third-order valence-electron chi connectivity index (χ3n) is 3.43. The van der Waals surface area contributed by atoms with E-state index in [1.807, 2.05) is 32.2 Å². The summed E-state index contributed by atoms with van der Waals surface area (Å²) in [5.74, 6) is -0.279. The van der Waals surface area contributed by atoms with Gasteiger partial charge in [0.05, 0.1) is 0 Å². The molecule has 0 saturated heterocycles. The standard InChI is InChI=1S/C15H18N2O3S/c1-9-6-4-5-7-11(9)12-13(18)16-15(20)17(14(12)19)8-10(2)21-3/h4-7,10,19H,8H2,1-3H3,(H,16,18,20). The van der Waals surface area contributed by atoms with E-state index in [9.17, 15) is 14.7 Å². The average molecular weight is 306 g/mol. The molecule has 0 aliphatic carbocycles. The van der Waals surface area contributed by atoms with Gasteiger partial charge >= 0.3 is 5.69 Å². The van der Waals surface area contributed by atoms with Crippen LogP contribution in [0.4, 0.5) is 0 Å². The van der Waals surface area contributed by atoms with Crippen molar-refractivity contribution in [3.8, 4) is 17.0 Å². The van der Waals surface area contributed by atoms with Crippen molar-refractivity contribution in [3.63, 3.8) is 0 Å². The summed E-state index contributed by atoms with van der Waals surface area (Å²) in [6.45, 7) is 4.14. The number of aromatic hydroxyl groups is 1. The van der Waals surface area contributed by atoms with Crippen LogP contribution < -0.4 is 11.2 Å². The molecule has 1 aromatic heterocycles. The van der Waals surface area contributed by atoms with Crippen LogP contribution in [0, 0.1) is 6.92 Å². The maximum absolute atomic E-state index is 12.1. The number of nitrogens with one attached hydrogen (secondary N) is 1. The Balaban J connectivity index is 2.68. The number of rotatable bonds is 4. The highest BCUT2D eigenvalue weighted by molar-refractivity contribution is 7.99. The molecule has 2 rings (SSSR count). The Kier molecular flexibility index (Phi) is 4.57. The van der Waals surface area contributed by atoms with E-state index in [1.165, 1.54) is 4.57 Å². The molecule has 0 spiro atoms. The molecule has 0 fully saturated rings. The lowest BCUT2D eigenvalue weighted by Crippen LogP contribution is -2.33. The summed E-state index contributed by atoms with van der Waals surface area (Å²) in [5, 5.41) is 10.5. The zero-order valence-corrected chi connectivity index (χ0v) is 13.0. The van der Waals surface area contributed by atoms with Gasteiger partial charge in [0.25, 0.3) is 5.56 Å². The predicted molar refractivity (Wildman–Crippen MR) is 86.1 cm³/mol. The second-order valence-electron chi connectivity index (χ2n) is 4.93. The van der Waals surface area contributed by atoms with Gasteiger partial charge in [-0.25, -0.2) is 4.79 Å². The third-order valence-corrected chi connectivity index (χ3v) is 4.38. The minimum absolute atomic E-state index is 0.140. The van der Waals surface area contributed by atoms with Crippen molar-refractivity contribution in [2.75, 3.05) is 6.26 Å². The van der Waals surface area contributed by atoms with E-state index >= 15 is 0 Å². The molecule has 2 aromatic rings. The number of hydrogen-bond donors (Lipinski definition) is 2. The number of aromatic amines is 1. The molecule has 1 aromatic carbocycles. The van der Waals surface area contributed by atoms with Gasteiger partial charge in [0.15, 0.2) is 0 Å². The normalized spacial score (nSPS) is 12.3. The summed E-state index contributed by atoms with van der Waals surface area (Å²) < 4.78 is 1.21. The maximum atomic E-state index is 12.1. The number of aromatic nitrogens is 2. The molecule has 0 radical (unpaired) electrons. The molecule has 0 amide bonds. The first-order valence-corrected chi connectivity index (χ1v) is 7.89. The topological polar surface area (TPSA) is 75.1 Å². The van der Waals surface area contributed by atoms with Gasteiger partial charge in [-0.1, -0.05) is 31.2 Å². The number of benzene rings is 1. The summed E-state index contributed by atoms with van der Waals surface area (Å²) in [6, 6.07) is 7.26. The van der Waals surface area contributed by atoms with Gasteiger partial charge in [0.2, 0.25) is 5.88 Å².